The van der Waals surface area contributed by atoms with Crippen LogP contribution in [0, 0.1) is 5.92 Å². The van der Waals surface area contributed by atoms with Crippen LogP contribution in [-0.4, -0.2) is 75.8 Å². The summed E-state index contributed by atoms with van der Waals surface area (Å²) in [4.78, 5) is 9.63. The van der Waals surface area contributed by atoms with Gasteiger partial charge < -0.3 is 19.9 Å². The van der Waals surface area contributed by atoms with Crippen molar-refractivity contribution in [3.63, 3.8) is 0 Å². The number of guanidine groups is 1. The summed E-state index contributed by atoms with van der Waals surface area (Å²) in [6.07, 6.45) is 4.96. The van der Waals surface area contributed by atoms with Crippen molar-refractivity contribution in [2.45, 2.75) is 39.5 Å². The first-order chi connectivity index (χ1) is 10.7. The molecule has 0 aromatic heterocycles. The number of likely N-dealkylation sites (tertiary alicyclic amines) is 1. The standard InChI is InChI=1S/C17H36N4O.HI/c1-5-7-10-20(3)17(18-6-2)19-15-16-8-11-21(12-9-16)13-14-22-4;/h16H,5-15H2,1-4H3,(H,18,19);1H. The van der Waals surface area contributed by atoms with Gasteiger partial charge in [0.15, 0.2) is 5.96 Å². The lowest BCUT2D eigenvalue weighted by molar-refractivity contribution is 0.121. The minimum Gasteiger partial charge on any atom is -0.383 e. The topological polar surface area (TPSA) is 40.1 Å². The van der Waals surface area contributed by atoms with Crippen LogP contribution in [0.1, 0.15) is 39.5 Å². The zero-order valence-electron chi connectivity index (χ0n) is 15.5. The van der Waals surface area contributed by atoms with Gasteiger partial charge >= 0.3 is 0 Å². The number of ether oxygens (including phenoxy) is 1. The fraction of sp³-hybridized carbons (Fsp3) is 0.941. The van der Waals surface area contributed by atoms with Gasteiger partial charge in [0.05, 0.1) is 6.61 Å². The number of nitrogens with one attached hydrogen (secondary N) is 1. The molecule has 23 heavy (non-hydrogen) atoms. The molecule has 0 aromatic carbocycles. The molecular weight excluding hydrogens is 403 g/mol. The van der Waals surface area contributed by atoms with Gasteiger partial charge in [-0.1, -0.05) is 13.3 Å². The number of hydrogen-bond acceptors (Lipinski definition) is 3. The molecule has 0 amide bonds. The predicted octanol–water partition coefficient (Wildman–Crippen LogP) is 2.66. The summed E-state index contributed by atoms with van der Waals surface area (Å²) in [7, 11) is 3.92. The Kier molecular flexibility index (Phi) is 14.2. The maximum absolute atomic E-state index is 5.16. The van der Waals surface area contributed by atoms with E-state index in [4.69, 9.17) is 9.73 Å². The highest BCUT2D eigenvalue weighted by atomic mass is 127. The Labute approximate surface area is 160 Å². The van der Waals surface area contributed by atoms with Crippen LogP contribution in [0.4, 0.5) is 0 Å². The van der Waals surface area contributed by atoms with Crippen molar-refractivity contribution in [3.05, 3.63) is 0 Å². The summed E-state index contributed by atoms with van der Waals surface area (Å²) >= 11 is 0. The summed E-state index contributed by atoms with van der Waals surface area (Å²) in [5.41, 5.74) is 0. The SMILES string of the molecule is CCCCN(C)C(=NCC1CCN(CCOC)CC1)NCC.I. The number of piperidine rings is 1. The van der Waals surface area contributed by atoms with E-state index >= 15 is 0 Å². The third-order valence-electron chi connectivity index (χ3n) is 4.36. The van der Waals surface area contributed by atoms with Gasteiger partial charge in [-0.3, -0.25) is 4.99 Å². The summed E-state index contributed by atoms with van der Waals surface area (Å²) in [5.74, 6) is 1.80. The Hall–Kier alpha value is -0.0800. The number of methoxy groups -OCH3 is 1. The van der Waals surface area contributed by atoms with Crippen LogP contribution in [0.2, 0.25) is 0 Å². The number of nitrogens with zero attached hydrogens (tertiary/aromatic N) is 3. The second-order valence-electron chi connectivity index (χ2n) is 6.25. The van der Waals surface area contributed by atoms with Gasteiger partial charge in [0, 0.05) is 40.3 Å². The highest BCUT2D eigenvalue weighted by Gasteiger charge is 2.19. The maximum atomic E-state index is 5.16. The fourth-order valence-electron chi connectivity index (χ4n) is 2.80. The number of halogens is 1. The van der Waals surface area contributed by atoms with Gasteiger partial charge in [-0.05, 0) is 45.2 Å². The number of unbranched alkanes of at least 4 members (excludes halogenated alkanes) is 1. The molecule has 5 nitrogen and oxygen atoms in total. The van der Waals surface area contributed by atoms with E-state index in [2.05, 4.69) is 36.0 Å². The minimum absolute atomic E-state index is 0. The summed E-state index contributed by atoms with van der Waals surface area (Å²) in [6.45, 7) is 11.6. The molecule has 1 aliphatic rings. The molecule has 0 atom stereocenters. The summed E-state index contributed by atoms with van der Waals surface area (Å²) < 4.78 is 5.16. The molecule has 0 saturated carbocycles. The molecule has 1 saturated heterocycles. The Balaban J connectivity index is 0.00000484. The average Bonchev–Trinajstić information content (AvgIpc) is 2.55. The lowest BCUT2D eigenvalue weighted by Gasteiger charge is -2.31. The van der Waals surface area contributed by atoms with E-state index in [-0.39, 0.29) is 24.0 Å². The smallest absolute Gasteiger partial charge is 0.193 e. The number of hydrogen-bond donors (Lipinski definition) is 1. The molecule has 1 heterocycles. The largest absolute Gasteiger partial charge is 0.383 e. The van der Waals surface area contributed by atoms with E-state index < -0.39 is 0 Å². The average molecular weight is 440 g/mol. The Bertz CT molecular complexity index is 307. The van der Waals surface area contributed by atoms with Gasteiger partial charge in [-0.25, -0.2) is 0 Å². The van der Waals surface area contributed by atoms with Crippen LogP contribution in [0.15, 0.2) is 4.99 Å². The first-order valence-corrected chi connectivity index (χ1v) is 8.92. The molecule has 0 radical (unpaired) electrons. The highest BCUT2D eigenvalue weighted by Crippen LogP contribution is 2.17. The quantitative estimate of drug-likeness (QED) is 0.340. The molecule has 1 aliphatic heterocycles. The van der Waals surface area contributed by atoms with E-state index in [9.17, 15) is 0 Å². The molecule has 0 bridgehead atoms. The lowest BCUT2D eigenvalue weighted by Crippen LogP contribution is -2.40. The molecule has 0 aromatic rings. The minimum atomic E-state index is 0. The third-order valence-corrected chi connectivity index (χ3v) is 4.36. The van der Waals surface area contributed by atoms with Crippen LogP contribution in [0.25, 0.3) is 0 Å². The monoisotopic (exact) mass is 440 g/mol. The maximum Gasteiger partial charge on any atom is 0.193 e. The van der Waals surface area contributed by atoms with Crippen molar-refractivity contribution in [2.24, 2.45) is 10.9 Å². The van der Waals surface area contributed by atoms with Crippen molar-refractivity contribution < 1.29 is 4.74 Å². The normalized spacial score (nSPS) is 17.0. The molecule has 0 aliphatic carbocycles. The van der Waals surface area contributed by atoms with Crippen molar-refractivity contribution in [1.82, 2.24) is 15.1 Å². The zero-order valence-corrected chi connectivity index (χ0v) is 17.8. The van der Waals surface area contributed by atoms with E-state index in [0.717, 1.165) is 44.7 Å². The van der Waals surface area contributed by atoms with E-state index in [1.807, 2.05) is 0 Å². The van der Waals surface area contributed by atoms with Crippen LogP contribution < -0.4 is 5.32 Å². The number of aliphatic imine (C=N–C) groups is 1. The molecule has 0 spiro atoms. The Morgan fingerprint density at radius 1 is 1.30 bits per heavy atom. The Morgan fingerprint density at radius 2 is 2.00 bits per heavy atom. The van der Waals surface area contributed by atoms with Crippen LogP contribution in [0.3, 0.4) is 0 Å². The molecule has 6 heteroatoms. The van der Waals surface area contributed by atoms with Gasteiger partial charge in [0.2, 0.25) is 0 Å². The zero-order chi connectivity index (χ0) is 16.2. The number of rotatable bonds is 9. The second kappa shape index (κ2) is 14.3. The van der Waals surface area contributed by atoms with Crippen LogP contribution >= 0.6 is 24.0 Å². The van der Waals surface area contributed by atoms with Crippen molar-refractivity contribution in [3.8, 4) is 0 Å². The molecule has 1 rings (SSSR count). The Morgan fingerprint density at radius 3 is 2.57 bits per heavy atom. The van der Waals surface area contributed by atoms with Crippen molar-refractivity contribution in [2.75, 3.05) is 60.0 Å². The van der Waals surface area contributed by atoms with Gasteiger partial charge in [0.25, 0.3) is 0 Å². The summed E-state index contributed by atoms with van der Waals surface area (Å²) in [6, 6.07) is 0. The van der Waals surface area contributed by atoms with Gasteiger partial charge in [-0.2, -0.15) is 0 Å². The first kappa shape index (κ1) is 22.9. The fourth-order valence-corrected chi connectivity index (χ4v) is 2.80. The van der Waals surface area contributed by atoms with Gasteiger partial charge in [-0.15, -0.1) is 24.0 Å². The van der Waals surface area contributed by atoms with E-state index in [0.29, 0.717) is 0 Å². The van der Waals surface area contributed by atoms with E-state index in [1.165, 1.54) is 38.8 Å². The van der Waals surface area contributed by atoms with Crippen molar-refractivity contribution in [1.29, 1.82) is 0 Å². The second-order valence-corrected chi connectivity index (χ2v) is 6.25. The molecule has 1 N–H and O–H groups in total. The molecule has 138 valence electrons. The molecule has 1 fully saturated rings. The highest BCUT2D eigenvalue weighted by molar-refractivity contribution is 14.0. The predicted molar refractivity (Wildman–Crippen MR) is 110 cm³/mol. The van der Waals surface area contributed by atoms with Crippen molar-refractivity contribution >= 4 is 29.9 Å². The summed E-state index contributed by atoms with van der Waals surface area (Å²) in [5, 5.41) is 3.42. The molecular formula is C17H37IN4O. The van der Waals surface area contributed by atoms with Crippen LogP contribution in [0.5, 0.6) is 0 Å². The lowest BCUT2D eigenvalue weighted by atomic mass is 9.97. The molecule has 0 unspecified atom stereocenters. The van der Waals surface area contributed by atoms with Gasteiger partial charge in [0.1, 0.15) is 0 Å². The van der Waals surface area contributed by atoms with E-state index in [1.54, 1.807) is 7.11 Å². The third kappa shape index (κ3) is 9.72. The first-order valence-electron chi connectivity index (χ1n) is 8.92. The van der Waals surface area contributed by atoms with Crippen LogP contribution in [-0.2, 0) is 4.74 Å².